The Kier molecular flexibility index (Phi) is 5.00. The number of carbonyl (C=O) groups is 2. The third-order valence-electron chi connectivity index (χ3n) is 3.08. The molecule has 3 aromatic rings. The Morgan fingerprint density at radius 1 is 1.20 bits per heavy atom. The fraction of sp³-hybridized carbons (Fsp3) is 0.133. The monoisotopic (exact) mass is 342 g/mol. The van der Waals surface area contributed by atoms with Gasteiger partial charge in [0.05, 0.1) is 18.5 Å². The molecule has 0 atom stereocenters. The molecule has 10 nitrogen and oxygen atoms in total. The number of furan rings is 1. The average Bonchev–Trinajstić information content (AvgIpc) is 3.32. The van der Waals surface area contributed by atoms with Crippen LogP contribution in [0.25, 0.3) is 5.69 Å². The van der Waals surface area contributed by atoms with Gasteiger partial charge in [-0.3, -0.25) is 10.1 Å². The van der Waals surface area contributed by atoms with Crippen LogP contribution in [0.5, 0.6) is 5.75 Å². The van der Waals surface area contributed by atoms with Crippen LogP contribution in [0.2, 0.25) is 0 Å². The van der Waals surface area contributed by atoms with Crippen molar-refractivity contribution in [3.8, 4) is 11.4 Å². The zero-order valence-corrected chi connectivity index (χ0v) is 13.0. The molecule has 1 aromatic carbocycles. The number of imide groups is 1. The fourth-order valence-electron chi connectivity index (χ4n) is 1.91. The molecule has 10 heteroatoms. The highest BCUT2D eigenvalue weighted by atomic mass is 16.5. The molecule has 3 amide bonds. The molecule has 0 spiro atoms. The van der Waals surface area contributed by atoms with Crippen LogP contribution in [-0.2, 0) is 11.3 Å². The van der Waals surface area contributed by atoms with Crippen LogP contribution in [0.3, 0.4) is 0 Å². The van der Waals surface area contributed by atoms with Crippen LogP contribution in [0.4, 0.5) is 4.79 Å². The number of tetrazole rings is 1. The molecule has 0 aliphatic rings. The van der Waals surface area contributed by atoms with Crippen molar-refractivity contribution >= 4 is 11.9 Å². The molecule has 2 aromatic heterocycles. The lowest BCUT2D eigenvalue weighted by molar-refractivity contribution is -0.122. The average molecular weight is 342 g/mol. The van der Waals surface area contributed by atoms with Crippen molar-refractivity contribution in [3.63, 3.8) is 0 Å². The minimum Gasteiger partial charge on any atom is -0.484 e. The predicted octanol–water partition coefficient (Wildman–Crippen LogP) is 0.660. The quantitative estimate of drug-likeness (QED) is 0.674. The molecule has 3 rings (SSSR count). The van der Waals surface area contributed by atoms with Gasteiger partial charge in [0, 0.05) is 0 Å². The van der Waals surface area contributed by atoms with E-state index in [-0.39, 0.29) is 13.2 Å². The summed E-state index contributed by atoms with van der Waals surface area (Å²) in [5, 5.41) is 15.5. The molecule has 128 valence electrons. The topological polar surface area (TPSA) is 124 Å². The molecular weight excluding hydrogens is 328 g/mol. The fourth-order valence-corrected chi connectivity index (χ4v) is 1.91. The van der Waals surface area contributed by atoms with Crippen molar-refractivity contribution in [2.75, 3.05) is 6.61 Å². The highest BCUT2D eigenvalue weighted by molar-refractivity contribution is 5.94. The summed E-state index contributed by atoms with van der Waals surface area (Å²) in [5.74, 6) is 0.492. The number of hydrogen-bond donors (Lipinski definition) is 2. The van der Waals surface area contributed by atoms with Gasteiger partial charge in [0.2, 0.25) is 0 Å². The van der Waals surface area contributed by atoms with Crippen LogP contribution in [0, 0.1) is 0 Å². The van der Waals surface area contributed by atoms with Gasteiger partial charge in [0.15, 0.2) is 6.61 Å². The zero-order valence-electron chi connectivity index (χ0n) is 13.0. The van der Waals surface area contributed by atoms with Crippen molar-refractivity contribution in [1.82, 2.24) is 30.8 Å². The normalized spacial score (nSPS) is 10.2. The lowest BCUT2D eigenvalue weighted by Gasteiger charge is -2.08. The molecule has 0 bridgehead atoms. The summed E-state index contributed by atoms with van der Waals surface area (Å²) in [6.07, 6.45) is 2.96. The van der Waals surface area contributed by atoms with E-state index in [1.165, 1.54) is 17.3 Å². The minimum atomic E-state index is -0.626. The highest BCUT2D eigenvalue weighted by Crippen LogP contribution is 2.13. The summed E-state index contributed by atoms with van der Waals surface area (Å²) in [4.78, 5) is 23.3. The molecule has 0 radical (unpaired) electrons. The minimum absolute atomic E-state index is 0.186. The van der Waals surface area contributed by atoms with Gasteiger partial charge in [-0.25, -0.2) is 9.48 Å². The maximum absolute atomic E-state index is 11.7. The van der Waals surface area contributed by atoms with E-state index in [1.54, 1.807) is 36.4 Å². The lowest BCUT2D eigenvalue weighted by atomic mass is 10.3. The van der Waals surface area contributed by atoms with Crippen molar-refractivity contribution < 1.29 is 18.7 Å². The molecule has 0 aliphatic carbocycles. The molecule has 25 heavy (non-hydrogen) atoms. The smallest absolute Gasteiger partial charge is 0.321 e. The first-order chi connectivity index (χ1) is 12.2. The van der Waals surface area contributed by atoms with Crippen LogP contribution < -0.4 is 15.4 Å². The van der Waals surface area contributed by atoms with Gasteiger partial charge in [0.1, 0.15) is 17.8 Å². The third-order valence-corrected chi connectivity index (χ3v) is 3.08. The van der Waals surface area contributed by atoms with Gasteiger partial charge in [-0.2, -0.15) is 0 Å². The summed E-state index contributed by atoms with van der Waals surface area (Å²) in [5.41, 5.74) is 0.749. The summed E-state index contributed by atoms with van der Waals surface area (Å²) >= 11 is 0. The van der Waals surface area contributed by atoms with E-state index < -0.39 is 11.9 Å². The van der Waals surface area contributed by atoms with Crippen LogP contribution in [-0.4, -0.2) is 38.8 Å². The summed E-state index contributed by atoms with van der Waals surface area (Å²) in [7, 11) is 0. The molecule has 0 fully saturated rings. The number of hydrogen-bond acceptors (Lipinski definition) is 7. The summed E-state index contributed by atoms with van der Waals surface area (Å²) in [6, 6.07) is 9.60. The van der Waals surface area contributed by atoms with Gasteiger partial charge in [0.25, 0.3) is 5.91 Å². The maximum Gasteiger partial charge on any atom is 0.321 e. The van der Waals surface area contributed by atoms with E-state index in [0.29, 0.717) is 11.5 Å². The molecule has 2 N–H and O–H groups in total. The Morgan fingerprint density at radius 3 is 2.72 bits per heavy atom. The van der Waals surface area contributed by atoms with Gasteiger partial charge < -0.3 is 14.5 Å². The van der Waals surface area contributed by atoms with Gasteiger partial charge in [-0.15, -0.1) is 5.10 Å². The number of carbonyl (C=O) groups excluding carboxylic acids is 2. The molecule has 0 aliphatic heterocycles. The molecule has 0 saturated heterocycles. The Hall–Kier alpha value is -3.69. The number of benzene rings is 1. The molecule has 0 unspecified atom stereocenters. The van der Waals surface area contributed by atoms with E-state index in [4.69, 9.17) is 9.15 Å². The number of nitrogens with zero attached hydrogens (tertiary/aromatic N) is 4. The first-order valence-electron chi connectivity index (χ1n) is 7.27. The standard InChI is InChI=1S/C15H14N6O4/c22-14(18-15(23)16-8-13-2-1-7-24-13)9-25-12-5-3-11(4-6-12)21-10-17-19-20-21/h1-7,10H,8-9H2,(H2,16,18,22,23). The van der Waals surface area contributed by atoms with E-state index in [9.17, 15) is 9.59 Å². The summed E-state index contributed by atoms with van der Waals surface area (Å²) in [6.45, 7) is -0.107. The van der Waals surface area contributed by atoms with Gasteiger partial charge in [-0.05, 0) is 46.8 Å². The van der Waals surface area contributed by atoms with Crippen LogP contribution in [0.15, 0.2) is 53.4 Å². The number of amides is 3. The van der Waals surface area contributed by atoms with Crippen molar-refractivity contribution in [2.24, 2.45) is 0 Å². The molecule has 2 heterocycles. The second-order valence-electron chi connectivity index (χ2n) is 4.85. The van der Waals surface area contributed by atoms with Crippen LogP contribution in [0.1, 0.15) is 5.76 Å². The van der Waals surface area contributed by atoms with Crippen molar-refractivity contribution in [1.29, 1.82) is 0 Å². The molecular formula is C15H14N6O4. The van der Waals surface area contributed by atoms with E-state index in [0.717, 1.165) is 5.69 Å². The second kappa shape index (κ2) is 7.73. The van der Waals surface area contributed by atoms with E-state index >= 15 is 0 Å². The molecule has 0 saturated carbocycles. The third kappa shape index (κ3) is 4.64. The lowest BCUT2D eigenvalue weighted by Crippen LogP contribution is -2.41. The first-order valence-corrected chi connectivity index (χ1v) is 7.27. The number of ether oxygens (including phenoxy) is 1. The highest BCUT2D eigenvalue weighted by Gasteiger charge is 2.09. The maximum atomic E-state index is 11.7. The van der Waals surface area contributed by atoms with Crippen LogP contribution >= 0.6 is 0 Å². The zero-order chi connectivity index (χ0) is 17.5. The number of rotatable bonds is 6. The van der Waals surface area contributed by atoms with E-state index in [2.05, 4.69) is 26.2 Å². The Labute approximate surface area is 141 Å². The largest absolute Gasteiger partial charge is 0.484 e. The Morgan fingerprint density at radius 2 is 2.04 bits per heavy atom. The predicted molar refractivity (Wildman–Crippen MR) is 83.7 cm³/mol. The number of aromatic nitrogens is 4. The second-order valence-corrected chi connectivity index (χ2v) is 4.85. The van der Waals surface area contributed by atoms with Crippen molar-refractivity contribution in [2.45, 2.75) is 6.54 Å². The van der Waals surface area contributed by atoms with Crippen molar-refractivity contribution in [3.05, 3.63) is 54.7 Å². The Bertz CT molecular complexity index is 814. The SMILES string of the molecule is O=C(COc1ccc(-n2cnnn2)cc1)NC(=O)NCc1ccco1. The number of urea groups is 1. The number of nitrogens with one attached hydrogen (secondary N) is 2. The van der Waals surface area contributed by atoms with Gasteiger partial charge in [-0.1, -0.05) is 0 Å². The van der Waals surface area contributed by atoms with Gasteiger partial charge >= 0.3 is 6.03 Å². The first kappa shape index (κ1) is 16.2. The Balaban J connectivity index is 1.41. The van der Waals surface area contributed by atoms with E-state index in [1.807, 2.05) is 0 Å². The summed E-state index contributed by atoms with van der Waals surface area (Å²) < 4.78 is 11.9.